The zero-order chi connectivity index (χ0) is 11.9. The SMILES string of the molecule is O=C(CC1CCCC1)NOCc1ccccc1. The van der Waals surface area contributed by atoms with Crippen molar-refractivity contribution in [2.24, 2.45) is 5.92 Å². The molecule has 0 spiro atoms. The maximum absolute atomic E-state index is 11.6. The van der Waals surface area contributed by atoms with E-state index in [1.54, 1.807) is 0 Å². The van der Waals surface area contributed by atoms with Crippen molar-refractivity contribution < 1.29 is 9.63 Å². The van der Waals surface area contributed by atoms with Gasteiger partial charge in [-0.15, -0.1) is 0 Å². The Morgan fingerprint density at radius 1 is 1.24 bits per heavy atom. The molecule has 0 aromatic heterocycles. The van der Waals surface area contributed by atoms with Crippen molar-refractivity contribution in [3.05, 3.63) is 35.9 Å². The number of amides is 1. The zero-order valence-electron chi connectivity index (χ0n) is 10.0. The highest BCUT2D eigenvalue weighted by Gasteiger charge is 2.18. The van der Waals surface area contributed by atoms with E-state index in [-0.39, 0.29) is 5.91 Å². The second-order valence-corrected chi connectivity index (χ2v) is 4.65. The van der Waals surface area contributed by atoms with Crippen LogP contribution in [-0.2, 0) is 16.2 Å². The summed E-state index contributed by atoms with van der Waals surface area (Å²) in [5, 5.41) is 0. The van der Waals surface area contributed by atoms with Gasteiger partial charge in [0, 0.05) is 6.42 Å². The molecule has 0 bridgehead atoms. The van der Waals surface area contributed by atoms with Gasteiger partial charge in [-0.05, 0) is 24.3 Å². The number of benzene rings is 1. The lowest BCUT2D eigenvalue weighted by molar-refractivity contribution is -0.135. The fourth-order valence-corrected chi connectivity index (χ4v) is 2.29. The first-order valence-electron chi connectivity index (χ1n) is 6.29. The molecule has 0 radical (unpaired) electrons. The molecule has 3 nitrogen and oxygen atoms in total. The van der Waals surface area contributed by atoms with Crippen LogP contribution in [0.3, 0.4) is 0 Å². The first kappa shape index (κ1) is 12.1. The predicted octanol–water partition coefficient (Wildman–Crippen LogP) is 2.81. The van der Waals surface area contributed by atoms with Crippen LogP contribution >= 0.6 is 0 Å². The minimum absolute atomic E-state index is 0.00725. The van der Waals surface area contributed by atoms with Gasteiger partial charge in [-0.3, -0.25) is 9.63 Å². The fraction of sp³-hybridized carbons (Fsp3) is 0.500. The minimum atomic E-state index is 0.00725. The smallest absolute Gasteiger partial charge is 0.243 e. The van der Waals surface area contributed by atoms with Gasteiger partial charge < -0.3 is 0 Å². The van der Waals surface area contributed by atoms with Crippen molar-refractivity contribution in [3.63, 3.8) is 0 Å². The highest BCUT2D eigenvalue weighted by atomic mass is 16.6. The predicted molar refractivity (Wildman–Crippen MR) is 65.9 cm³/mol. The normalized spacial score (nSPS) is 16.0. The highest BCUT2D eigenvalue weighted by Crippen LogP contribution is 2.27. The van der Waals surface area contributed by atoms with E-state index in [1.807, 2.05) is 30.3 Å². The van der Waals surface area contributed by atoms with E-state index >= 15 is 0 Å². The molecule has 3 heteroatoms. The maximum Gasteiger partial charge on any atom is 0.243 e. The Balaban J connectivity index is 1.63. The molecule has 1 amide bonds. The van der Waals surface area contributed by atoms with Gasteiger partial charge in [0.05, 0.1) is 6.61 Å². The summed E-state index contributed by atoms with van der Waals surface area (Å²) in [6.45, 7) is 0.428. The van der Waals surface area contributed by atoms with Gasteiger partial charge in [0.2, 0.25) is 5.91 Å². The second kappa shape index (κ2) is 6.40. The number of hydroxylamine groups is 1. The molecule has 92 valence electrons. The molecule has 0 atom stereocenters. The molecule has 1 aliphatic carbocycles. The Morgan fingerprint density at radius 3 is 2.65 bits per heavy atom. The molecule has 0 unspecified atom stereocenters. The average molecular weight is 233 g/mol. The van der Waals surface area contributed by atoms with Crippen LogP contribution in [0.5, 0.6) is 0 Å². The summed E-state index contributed by atoms with van der Waals surface area (Å²) in [6.07, 6.45) is 5.51. The van der Waals surface area contributed by atoms with Gasteiger partial charge in [0.25, 0.3) is 0 Å². The van der Waals surface area contributed by atoms with Gasteiger partial charge in [-0.1, -0.05) is 43.2 Å². The van der Waals surface area contributed by atoms with Crippen LogP contribution in [0.2, 0.25) is 0 Å². The first-order chi connectivity index (χ1) is 8.34. The molecular weight excluding hydrogens is 214 g/mol. The summed E-state index contributed by atoms with van der Waals surface area (Å²) in [5.74, 6) is 0.572. The summed E-state index contributed by atoms with van der Waals surface area (Å²) in [7, 11) is 0. The van der Waals surface area contributed by atoms with Crippen molar-refractivity contribution >= 4 is 5.91 Å². The molecule has 1 aliphatic rings. The summed E-state index contributed by atoms with van der Waals surface area (Å²) >= 11 is 0. The van der Waals surface area contributed by atoms with Gasteiger partial charge >= 0.3 is 0 Å². The average Bonchev–Trinajstić information content (AvgIpc) is 2.83. The van der Waals surface area contributed by atoms with Gasteiger partial charge in [0.15, 0.2) is 0 Å². The molecule has 2 rings (SSSR count). The van der Waals surface area contributed by atoms with Crippen LogP contribution in [-0.4, -0.2) is 5.91 Å². The minimum Gasteiger partial charge on any atom is -0.273 e. The number of rotatable bonds is 5. The van der Waals surface area contributed by atoms with Crippen LogP contribution in [0.4, 0.5) is 0 Å². The van der Waals surface area contributed by atoms with Crippen LogP contribution in [0, 0.1) is 5.92 Å². The van der Waals surface area contributed by atoms with Crippen LogP contribution in [0.15, 0.2) is 30.3 Å². The lowest BCUT2D eigenvalue weighted by Gasteiger charge is -2.09. The number of nitrogens with one attached hydrogen (secondary N) is 1. The summed E-state index contributed by atoms with van der Waals surface area (Å²) < 4.78 is 0. The molecule has 17 heavy (non-hydrogen) atoms. The topological polar surface area (TPSA) is 38.3 Å². The Kier molecular flexibility index (Phi) is 4.56. The number of hydrogen-bond acceptors (Lipinski definition) is 2. The van der Waals surface area contributed by atoms with E-state index in [2.05, 4.69) is 5.48 Å². The molecule has 0 saturated heterocycles. The molecule has 1 aromatic carbocycles. The van der Waals surface area contributed by atoms with E-state index in [0.29, 0.717) is 18.9 Å². The molecule has 0 aliphatic heterocycles. The third-order valence-electron chi connectivity index (χ3n) is 3.22. The Bertz CT molecular complexity index is 344. The van der Waals surface area contributed by atoms with E-state index in [9.17, 15) is 4.79 Å². The van der Waals surface area contributed by atoms with E-state index in [4.69, 9.17) is 4.84 Å². The van der Waals surface area contributed by atoms with Crippen LogP contribution in [0.25, 0.3) is 0 Å². The van der Waals surface area contributed by atoms with Crippen molar-refractivity contribution in [2.45, 2.75) is 38.7 Å². The van der Waals surface area contributed by atoms with Crippen LogP contribution in [0.1, 0.15) is 37.7 Å². The van der Waals surface area contributed by atoms with Crippen molar-refractivity contribution in [3.8, 4) is 0 Å². The molecule has 1 aromatic rings. The maximum atomic E-state index is 11.6. The molecule has 0 heterocycles. The lowest BCUT2D eigenvalue weighted by atomic mass is 10.0. The van der Waals surface area contributed by atoms with E-state index in [0.717, 1.165) is 5.56 Å². The number of hydrogen-bond donors (Lipinski definition) is 1. The van der Waals surface area contributed by atoms with E-state index in [1.165, 1.54) is 25.7 Å². The van der Waals surface area contributed by atoms with Crippen molar-refractivity contribution in [1.29, 1.82) is 0 Å². The van der Waals surface area contributed by atoms with E-state index < -0.39 is 0 Å². The Hall–Kier alpha value is -1.35. The third kappa shape index (κ3) is 4.19. The largest absolute Gasteiger partial charge is 0.273 e. The second-order valence-electron chi connectivity index (χ2n) is 4.65. The number of carbonyl (C=O) groups is 1. The van der Waals surface area contributed by atoms with Crippen LogP contribution < -0.4 is 5.48 Å². The highest BCUT2D eigenvalue weighted by molar-refractivity contribution is 5.75. The van der Waals surface area contributed by atoms with Gasteiger partial charge in [0.1, 0.15) is 0 Å². The Labute approximate surface area is 102 Å². The van der Waals surface area contributed by atoms with Crippen molar-refractivity contribution in [2.75, 3.05) is 0 Å². The van der Waals surface area contributed by atoms with Crippen molar-refractivity contribution in [1.82, 2.24) is 5.48 Å². The quantitative estimate of drug-likeness (QED) is 0.794. The zero-order valence-corrected chi connectivity index (χ0v) is 10.0. The van der Waals surface area contributed by atoms with Gasteiger partial charge in [-0.2, -0.15) is 0 Å². The molecule has 1 saturated carbocycles. The molecular formula is C14H19NO2. The lowest BCUT2D eigenvalue weighted by Crippen LogP contribution is -2.25. The fourth-order valence-electron chi connectivity index (χ4n) is 2.29. The molecule has 1 N–H and O–H groups in total. The first-order valence-corrected chi connectivity index (χ1v) is 6.29. The summed E-state index contributed by atoms with van der Waals surface area (Å²) in [5.41, 5.74) is 3.58. The standard InChI is InChI=1S/C14H19NO2/c16-14(10-12-6-4-5-7-12)15-17-11-13-8-2-1-3-9-13/h1-3,8-9,12H,4-7,10-11H2,(H,15,16). The Morgan fingerprint density at radius 2 is 1.94 bits per heavy atom. The van der Waals surface area contributed by atoms with Gasteiger partial charge in [-0.25, -0.2) is 5.48 Å². The number of carbonyl (C=O) groups excluding carboxylic acids is 1. The monoisotopic (exact) mass is 233 g/mol. The third-order valence-corrected chi connectivity index (χ3v) is 3.22. The summed E-state index contributed by atoms with van der Waals surface area (Å²) in [4.78, 5) is 16.7. The molecule has 1 fully saturated rings. The summed E-state index contributed by atoms with van der Waals surface area (Å²) in [6, 6.07) is 9.83.